The fourth-order valence-corrected chi connectivity index (χ4v) is 2.45. The number of rotatable bonds is 5. The van der Waals surface area contributed by atoms with E-state index in [-0.39, 0.29) is 5.82 Å². The van der Waals surface area contributed by atoms with Gasteiger partial charge in [-0.1, -0.05) is 19.1 Å². The zero-order valence-corrected chi connectivity index (χ0v) is 11.0. The second-order valence-corrected chi connectivity index (χ2v) is 5.24. The number of benzene rings is 1. The van der Waals surface area contributed by atoms with Crippen molar-refractivity contribution in [1.29, 1.82) is 0 Å². The van der Waals surface area contributed by atoms with Crippen molar-refractivity contribution in [2.45, 2.75) is 46.1 Å². The summed E-state index contributed by atoms with van der Waals surface area (Å²) in [6.45, 7) is 6.93. The molecule has 2 rings (SSSR count). The molecule has 2 heteroatoms. The third-order valence-corrected chi connectivity index (χ3v) is 3.53. The van der Waals surface area contributed by atoms with E-state index < -0.39 is 0 Å². The van der Waals surface area contributed by atoms with Gasteiger partial charge in [-0.05, 0) is 62.3 Å². The van der Waals surface area contributed by atoms with Gasteiger partial charge >= 0.3 is 0 Å². The number of nitrogens with one attached hydrogen (secondary N) is 1. The zero-order chi connectivity index (χ0) is 12.4. The number of aryl methyl sites for hydroxylation is 2. The van der Waals surface area contributed by atoms with Crippen molar-refractivity contribution in [1.82, 2.24) is 5.32 Å². The van der Waals surface area contributed by atoms with Gasteiger partial charge in [-0.3, -0.25) is 0 Å². The van der Waals surface area contributed by atoms with Gasteiger partial charge in [0, 0.05) is 6.04 Å². The summed E-state index contributed by atoms with van der Waals surface area (Å²) in [6, 6.07) is 4.44. The second-order valence-electron chi connectivity index (χ2n) is 5.24. The molecular weight excluding hydrogens is 213 g/mol. The van der Waals surface area contributed by atoms with Gasteiger partial charge in [0.2, 0.25) is 0 Å². The van der Waals surface area contributed by atoms with E-state index in [9.17, 15) is 4.39 Å². The van der Waals surface area contributed by atoms with Gasteiger partial charge in [-0.25, -0.2) is 4.39 Å². The first-order chi connectivity index (χ1) is 8.13. The maximum absolute atomic E-state index is 13.6. The molecule has 1 aliphatic rings. The van der Waals surface area contributed by atoms with Crippen LogP contribution in [0.3, 0.4) is 0 Å². The van der Waals surface area contributed by atoms with E-state index in [4.69, 9.17) is 0 Å². The lowest BCUT2D eigenvalue weighted by molar-refractivity contribution is 0.479. The molecule has 94 valence electrons. The summed E-state index contributed by atoms with van der Waals surface area (Å²) in [7, 11) is 0. The summed E-state index contributed by atoms with van der Waals surface area (Å²) in [6.07, 6.45) is 3.75. The van der Waals surface area contributed by atoms with Gasteiger partial charge in [-0.2, -0.15) is 0 Å². The molecule has 0 heterocycles. The van der Waals surface area contributed by atoms with Crippen LogP contribution in [0.15, 0.2) is 12.1 Å². The van der Waals surface area contributed by atoms with Crippen LogP contribution in [0.1, 0.15) is 48.9 Å². The van der Waals surface area contributed by atoms with E-state index in [1.807, 2.05) is 26.0 Å². The predicted molar refractivity (Wildman–Crippen MR) is 69.6 cm³/mol. The Morgan fingerprint density at radius 2 is 1.88 bits per heavy atom. The van der Waals surface area contributed by atoms with Crippen molar-refractivity contribution in [2.75, 3.05) is 6.54 Å². The normalized spacial score (nSPS) is 17.2. The molecule has 1 unspecified atom stereocenters. The zero-order valence-electron chi connectivity index (χ0n) is 11.0. The van der Waals surface area contributed by atoms with Crippen LogP contribution in [0.4, 0.5) is 4.39 Å². The monoisotopic (exact) mass is 235 g/mol. The molecule has 1 aromatic rings. The fraction of sp³-hybridized carbons (Fsp3) is 0.600. The molecule has 17 heavy (non-hydrogen) atoms. The van der Waals surface area contributed by atoms with Gasteiger partial charge in [-0.15, -0.1) is 0 Å². The van der Waals surface area contributed by atoms with Crippen LogP contribution in [-0.4, -0.2) is 6.54 Å². The lowest BCUT2D eigenvalue weighted by Gasteiger charge is -2.20. The molecule has 0 aliphatic heterocycles. The van der Waals surface area contributed by atoms with E-state index in [2.05, 4.69) is 12.2 Å². The first-order valence-corrected chi connectivity index (χ1v) is 6.63. The maximum atomic E-state index is 13.6. The molecular formula is C15H22FN. The summed E-state index contributed by atoms with van der Waals surface area (Å²) >= 11 is 0. The molecule has 1 fully saturated rings. The first-order valence-electron chi connectivity index (χ1n) is 6.63. The highest BCUT2D eigenvalue weighted by molar-refractivity contribution is 5.33. The van der Waals surface area contributed by atoms with Crippen LogP contribution in [0.2, 0.25) is 0 Å². The van der Waals surface area contributed by atoms with E-state index in [1.165, 1.54) is 18.4 Å². The lowest BCUT2D eigenvalue weighted by atomic mass is 9.97. The number of hydrogen-bond donors (Lipinski definition) is 1. The highest BCUT2D eigenvalue weighted by Gasteiger charge is 2.32. The molecule has 1 atom stereocenters. The van der Waals surface area contributed by atoms with E-state index in [0.717, 1.165) is 30.0 Å². The SMILES string of the molecule is CCCNC(c1cc(C)c(F)c(C)c1)C1CC1. The number of hydrogen-bond acceptors (Lipinski definition) is 1. The quantitative estimate of drug-likeness (QED) is 0.816. The Bertz CT molecular complexity index is 373. The van der Waals surface area contributed by atoms with Crippen LogP contribution in [0.25, 0.3) is 0 Å². The third-order valence-electron chi connectivity index (χ3n) is 3.53. The molecule has 1 aliphatic carbocycles. The Morgan fingerprint density at radius 3 is 2.35 bits per heavy atom. The van der Waals surface area contributed by atoms with Crippen molar-refractivity contribution < 1.29 is 4.39 Å². The Morgan fingerprint density at radius 1 is 1.29 bits per heavy atom. The van der Waals surface area contributed by atoms with Crippen molar-refractivity contribution >= 4 is 0 Å². The van der Waals surface area contributed by atoms with E-state index >= 15 is 0 Å². The molecule has 1 aromatic carbocycles. The Balaban J connectivity index is 2.23. The molecule has 1 nitrogen and oxygen atoms in total. The first kappa shape index (κ1) is 12.6. The summed E-state index contributed by atoms with van der Waals surface area (Å²) in [5.74, 6) is 0.699. The van der Waals surface area contributed by atoms with Gasteiger partial charge in [0.15, 0.2) is 0 Å². The van der Waals surface area contributed by atoms with Gasteiger partial charge in [0.05, 0.1) is 0 Å². The third kappa shape index (κ3) is 2.86. The summed E-state index contributed by atoms with van der Waals surface area (Å²) < 4.78 is 13.6. The largest absolute Gasteiger partial charge is 0.310 e. The molecule has 0 radical (unpaired) electrons. The van der Waals surface area contributed by atoms with Crippen LogP contribution in [0.5, 0.6) is 0 Å². The highest BCUT2D eigenvalue weighted by atomic mass is 19.1. The summed E-state index contributed by atoms with van der Waals surface area (Å²) in [5.41, 5.74) is 2.80. The van der Waals surface area contributed by atoms with E-state index in [1.54, 1.807) is 0 Å². The fourth-order valence-electron chi connectivity index (χ4n) is 2.45. The molecule has 0 bridgehead atoms. The molecule has 0 saturated heterocycles. The van der Waals surface area contributed by atoms with Crippen LogP contribution in [-0.2, 0) is 0 Å². The van der Waals surface area contributed by atoms with Crippen molar-refractivity contribution in [2.24, 2.45) is 5.92 Å². The smallest absolute Gasteiger partial charge is 0.129 e. The predicted octanol–water partition coefficient (Wildman–Crippen LogP) is 3.89. The average Bonchev–Trinajstić information content (AvgIpc) is 3.10. The molecule has 0 aromatic heterocycles. The Hall–Kier alpha value is -0.890. The van der Waals surface area contributed by atoms with Crippen molar-refractivity contribution in [3.8, 4) is 0 Å². The lowest BCUT2D eigenvalue weighted by Crippen LogP contribution is -2.24. The highest BCUT2D eigenvalue weighted by Crippen LogP contribution is 2.41. The maximum Gasteiger partial charge on any atom is 0.129 e. The second kappa shape index (κ2) is 5.18. The van der Waals surface area contributed by atoms with Crippen molar-refractivity contribution in [3.05, 3.63) is 34.6 Å². The van der Waals surface area contributed by atoms with Crippen LogP contribution in [0, 0.1) is 25.6 Å². The van der Waals surface area contributed by atoms with Crippen LogP contribution >= 0.6 is 0 Å². The number of halogens is 1. The van der Waals surface area contributed by atoms with Gasteiger partial charge < -0.3 is 5.32 Å². The molecule has 1 saturated carbocycles. The minimum Gasteiger partial charge on any atom is -0.310 e. The van der Waals surface area contributed by atoms with Crippen LogP contribution < -0.4 is 5.32 Å². The minimum atomic E-state index is -0.0567. The van der Waals surface area contributed by atoms with Gasteiger partial charge in [0.1, 0.15) is 5.82 Å². The Labute approximate surface area is 103 Å². The molecule has 0 amide bonds. The minimum absolute atomic E-state index is 0.0567. The average molecular weight is 235 g/mol. The molecule has 1 N–H and O–H groups in total. The summed E-state index contributed by atoms with van der Waals surface area (Å²) in [4.78, 5) is 0. The molecule has 0 spiro atoms. The topological polar surface area (TPSA) is 12.0 Å². The van der Waals surface area contributed by atoms with Crippen molar-refractivity contribution in [3.63, 3.8) is 0 Å². The Kier molecular flexibility index (Phi) is 3.82. The standard InChI is InChI=1S/C15H22FN/c1-4-7-17-15(12-5-6-12)13-8-10(2)14(16)11(3)9-13/h8-9,12,15,17H,4-7H2,1-3H3. The summed E-state index contributed by atoms with van der Waals surface area (Å²) in [5, 5.41) is 3.60. The van der Waals surface area contributed by atoms with E-state index in [0.29, 0.717) is 6.04 Å². The van der Waals surface area contributed by atoms with Gasteiger partial charge in [0.25, 0.3) is 0 Å².